The summed E-state index contributed by atoms with van der Waals surface area (Å²) in [6, 6.07) is 18.3. The zero-order valence-corrected chi connectivity index (χ0v) is 23.4. The van der Waals surface area contributed by atoms with E-state index in [1.807, 2.05) is 18.2 Å². The molecule has 0 amide bonds. The Kier molecular flexibility index (Phi) is 8.92. The van der Waals surface area contributed by atoms with Gasteiger partial charge in [0.25, 0.3) is 0 Å². The van der Waals surface area contributed by atoms with Crippen LogP contribution in [0, 0.1) is 0 Å². The van der Waals surface area contributed by atoms with Crippen molar-refractivity contribution in [1.82, 2.24) is 14.4 Å². The number of hydrogen-bond acceptors (Lipinski definition) is 4. The third-order valence-corrected chi connectivity index (χ3v) is 7.95. The lowest BCUT2D eigenvalue weighted by molar-refractivity contribution is -0.274. The van der Waals surface area contributed by atoms with Crippen LogP contribution in [0.5, 0.6) is 5.75 Å². The number of aryl methyl sites for hydroxylation is 1. The molecule has 1 saturated heterocycles. The summed E-state index contributed by atoms with van der Waals surface area (Å²) >= 11 is 12.2. The van der Waals surface area contributed by atoms with Crippen molar-refractivity contribution in [2.24, 2.45) is 5.73 Å². The molecule has 10 heteroatoms. The third kappa shape index (κ3) is 7.11. The number of rotatable bonds is 9. The Morgan fingerprint density at radius 1 is 0.800 bits per heavy atom. The zero-order valence-electron chi connectivity index (χ0n) is 21.9. The van der Waals surface area contributed by atoms with Gasteiger partial charge in [0.15, 0.2) is 0 Å². The number of aromatic nitrogens is 1. The summed E-state index contributed by atoms with van der Waals surface area (Å²) in [6.07, 6.45) is -1.83. The minimum atomic E-state index is -4.72. The van der Waals surface area contributed by atoms with E-state index in [1.165, 1.54) is 17.7 Å². The van der Waals surface area contributed by atoms with Crippen LogP contribution >= 0.6 is 23.2 Å². The largest absolute Gasteiger partial charge is 0.573 e. The molecule has 0 bridgehead atoms. The lowest BCUT2D eigenvalue weighted by Crippen LogP contribution is -2.45. The normalized spacial score (nSPS) is 15.2. The van der Waals surface area contributed by atoms with Crippen LogP contribution in [-0.2, 0) is 19.6 Å². The Morgan fingerprint density at radius 2 is 1.43 bits per heavy atom. The molecule has 5 rings (SSSR count). The minimum absolute atomic E-state index is 0.234. The van der Waals surface area contributed by atoms with Gasteiger partial charge in [-0.05, 0) is 66.1 Å². The van der Waals surface area contributed by atoms with Crippen molar-refractivity contribution in [3.05, 3.63) is 88.0 Å². The molecule has 0 saturated carbocycles. The van der Waals surface area contributed by atoms with Crippen molar-refractivity contribution >= 4 is 34.1 Å². The Bertz CT molecular complexity index is 1450. The van der Waals surface area contributed by atoms with Crippen LogP contribution in [0.2, 0.25) is 10.0 Å². The molecule has 2 heterocycles. The van der Waals surface area contributed by atoms with Crippen molar-refractivity contribution in [2.75, 3.05) is 32.7 Å². The maximum absolute atomic E-state index is 12.6. The van der Waals surface area contributed by atoms with Crippen LogP contribution in [0.3, 0.4) is 0 Å². The maximum Gasteiger partial charge on any atom is 0.573 e. The first kappa shape index (κ1) is 28.8. The second-order valence-corrected chi connectivity index (χ2v) is 10.9. The van der Waals surface area contributed by atoms with Gasteiger partial charge in [0.2, 0.25) is 0 Å². The number of benzene rings is 3. The number of fused-ring (bicyclic) bond motifs is 1. The molecule has 2 N–H and O–H groups in total. The van der Waals surface area contributed by atoms with Crippen LogP contribution in [0.4, 0.5) is 13.2 Å². The molecule has 212 valence electrons. The predicted molar refractivity (Wildman–Crippen MR) is 155 cm³/mol. The second kappa shape index (κ2) is 12.4. The molecule has 4 aromatic rings. The summed E-state index contributed by atoms with van der Waals surface area (Å²) in [5, 5.41) is 2.21. The van der Waals surface area contributed by atoms with Gasteiger partial charge in [-0.15, -0.1) is 13.2 Å². The van der Waals surface area contributed by atoms with Crippen LogP contribution in [0.25, 0.3) is 22.0 Å². The fourth-order valence-corrected chi connectivity index (χ4v) is 5.54. The van der Waals surface area contributed by atoms with E-state index in [-0.39, 0.29) is 5.75 Å². The third-order valence-electron chi connectivity index (χ3n) is 7.21. The van der Waals surface area contributed by atoms with Gasteiger partial charge in [0, 0.05) is 68.5 Å². The standard InChI is InChI=1S/C30H31Cl2F3N4O/c31-27-8-2-22(17-28(27)32)19-38-14-12-37(13-15-38)18-21-3-9-29-25(16-21)26(20-39(29)11-1-10-36)23-4-6-24(7-5-23)40-30(33,34)35/h2-9,16-17,20H,1,10-15,18-19,36H2. The number of nitrogens with two attached hydrogens (primary N) is 1. The molecule has 40 heavy (non-hydrogen) atoms. The summed E-state index contributed by atoms with van der Waals surface area (Å²) in [6.45, 7) is 6.81. The van der Waals surface area contributed by atoms with Gasteiger partial charge in [0.05, 0.1) is 10.0 Å². The number of nitrogens with zero attached hydrogens (tertiary/aromatic N) is 3. The number of halogens is 5. The summed E-state index contributed by atoms with van der Waals surface area (Å²) < 4.78 is 44.1. The first-order chi connectivity index (χ1) is 19.2. The molecule has 0 atom stereocenters. The molecule has 0 aliphatic carbocycles. The van der Waals surface area contributed by atoms with E-state index in [0.717, 1.165) is 79.8 Å². The van der Waals surface area contributed by atoms with Gasteiger partial charge in [-0.25, -0.2) is 0 Å². The van der Waals surface area contributed by atoms with E-state index >= 15 is 0 Å². The van der Waals surface area contributed by atoms with Gasteiger partial charge < -0.3 is 15.0 Å². The number of alkyl halides is 3. The quantitative estimate of drug-likeness (QED) is 0.224. The Hall–Kier alpha value is -2.75. The van der Waals surface area contributed by atoms with E-state index in [9.17, 15) is 13.2 Å². The first-order valence-electron chi connectivity index (χ1n) is 13.3. The summed E-state index contributed by atoms with van der Waals surface area (Å²) in [7, 11) is 0. The molecule has 0 unspecified atom stereocenters. The number of ether oxygens (including phenoxy) is 1. The SMILES string of the molecule is NCCCn1cc(-c2ccc(OC(F)(F)F)cc2)c2cc(CN3CCN(Cc4ccc(Cl)c(Cl)c4)CC3)ccc21. The van der Waals surface area contributed by atoms with Gasteiger partial charge >= 0.3 is 6.36 Å². The van der Waals surface area contributed by atoms with Crippen molar-refractivity contribution in [3.8, 4) is 16.9 Å². The molecular weight excluding hydrogens is 560 g/mol. The Labute approximate surface area is 241 Å². The van der Waals surface area contributed by atoms with Crippen molar-refractivity contribution in [1.29, 1.82) is 0 Å². The van der Waals surface area contributed by atoms with E-state index in [0.29, 0.717) is 16.6 Å². The molecule has 5 nitrogen and oxygen atoms in total. The fraction of sp³-hybridized carbons (Fsp3) is 0.333. The summed E-state index contributed by atoms with van der Waals surface area (Å²) in [5.41, 5.74) is 11.0. The summed E-state index contributed by atoms with van der Waals surface area (Å²) in [4.78, 5) is 4.86. The van der Waals surface area contributed by atoms with E-state index in [2.05, 4.69) is 43.5 Å². The van der Waals surface area contributed by atoms with E-state index < -0.39 is 6.36 Å². The molecular formula is C30H31Cl2F3N4O. The Balaban J connectivity index is 1.30. The maximum atomic E-state index is 12.6. The highest BCUT2D eigenvalue weighted by Crippen LogP contribution is 2.34. The van der Waals surface area contributed by atoms with Gasteiger partial charge in [-0.1, -0.05) is 47.5 Å². The van der Waals surface area contributed by atoms with Gasteiger partial charge in [0.1, 0.15) is 5.75 Å². The van der Waals surface area contributed by atoms with Crippen LogP contribution < -0.4 is 10.5 Å². The minimum Gasteiger partial charge on any atom is -0.406 e. The second-order valence-electron chi connectivity index (χ2n) is 10.1. The molecule has 0 radical (unpaired) electrons. The fourth-order valence-electron chi connectivity index (χ4n) is 5.22. The van der Waals surface area contributed by atoms with Gasteiger partial charge in [-0.3, -0.25) is 9.80 Å². The topological polar surface area (TPSA) is 46.7 Å². The first-order valence-corrected chi connectivity index (χ1v) is 14.0. The van der Waals surface area contributed by atoms with E-state index in [4.69, 9.17) is 28.9 Å². The van der Waals surface area contributed by atoms with Crippen molar-refractivity contribution in [2.45, 2.75) is 32.4 Å². The molecule has 1 aromatic heterocycles. The van der Waals surface area contributed by atoms with E-state index in [1.54, 1.807) is 12.1 Å². The lowest BCUT2D eigenvalue weighted by Gasteiger charge is -2.34. The van der Waals surface area contributed by atoms with Crippen LogP contribution in [-0.4, -0.2) is 53.5 Å². The summed E-state index contributed by atoms with van der Waals surface area (Å²) in [5.74, 6) is -0.234. The average molecular weight is 592 g/mol. The highest BCUT2D eigenvalue weighted by molar-refractivity contribution is 6.42. The van der Waals surface area contributed by atoms with Crippen LogP contribution in [0.1, 0.15) is 17.5 Å². The molecule has 1 aliphatic heterocycles. The molecule has 0 spiro atoms. The highest BCUT2D eigenvalue weighted by atomic mass is 35.5. The van der Waals surface area contributed by atoms with Crippen molar-refractivity contribution < 1.29 is 17.9 Å². The van der Waals surface area contributed by atoms with Gasteiger partial charge in [-0.2, -0.15) is 0 Å². The Morgan fingerprint density at radius 3 is 2.02 bits per heavy atom. The van der Waals surface area contributed by atoms with Crippen molar-refractivity contribution in [3.63, 3.8) is 0 Å². The number of hydrogen-bond donors (Lipinski definition) is 1. The van der Waals surface area contributed by atoms with Crippen LogP contribution in [0.15, 0.2) is 66.9 Å². The molecule has 3 aromatic carbocycles. The lowest BCUT2D eigenvalue weighted by atomic mass is 10.0. The molecule has 1 aliphatic rings. The zero-order chi connectivity index (χ0) is 28.3. The predicted octanol–water partition coefficient (Wildman–Crippen LogP) is 7.18. The number of piperazine rings is 1. The monoisotopic (exact) mass is 590 g/mol. The molecule has 1 fully saturated rings. The smallest absolute Gasteiger partial charge is 0.406 e. The average Bonchev–Trinajstić information content (AvgIpc) is 3.28. The highest BCUT2D eigenvalue weighted by Gasteiger charge is 2.31.